The summed E-state index contributed by atoms with van der Waals surface area (Å²) in [4.78, 5) is 26.6. The summed E-state index contributed by atoms with van der Waals surface area (Å²) in [5, 5.41) is 3.89. The molecule has 1 aromatic heterocycles. The fourth-order valence-electron chi connectivity index (χ4n) is 4.38. The number of aryl methyl sites for hydroxylation is 4. The van der Waals surface area contributed by atoms with E-state index in [-0.39, 0.29) is 18.0 Å². The fourth-order valence-corrected chi connectivity index (χ4v) is 4.38. The van der Waals surface area contributed by atoms with Crippen LogP contribution < -0.4 is 15.6 Å². The number of para-hydroxylation sites is 1. The number of amides is 1. The molecule has 0 saturated carbocycles. The van der Waals surface area contributed by atoms with Crippen LogP contribution in [0.15, 0.2) is 77.6 Å². The van der Waals surface area contributed by atoms with Crippen LogP contribution in [0.1, 0.15) is 36.1 Å². The Kier molecular flexibility index (Phi) is 7.66. The van der Waals surface area contributed by atoms with Gasteiger partial charge in [-0.15, -0.1) is 0 Å². The maximum Gasteiger partial charge on any atom is 0.254 e. The molecule has 0 radical (unpaired) electrons. The molecule has 0 saturated heterocycles. The van der Waals surface area contributed by atoms with Gasteiger partial charge in [0.2, 0.25) is 5.91 Å². The van der Waals surface area contributed by atoms with Crippen molar-refractivity contribution in [1.82, 2.24) is 4.57 Å². The molecule has 1 heterocycles. The average molecular weight is 469 g/mol. The molecule has 5 heteroatoms. The summed E-state index contributed by atoms with van der Waals surface area (Å²) in [6.45, 7) is 4.12. The third-order valence-corrected chi connectivity index (χ3v) is 6.47. The summed E-state index contributed by atoms with van der Waals surface area (Å²) >= 11 is 0. The Morgan fingerprint density at radius 1 is 0.857 bits per heavy atom. The fraction of sp³-hybridized carbons (Fsp3) is 0.267. The van der Waals surface area contributed by atoms with E-state index in [1.54, 1.807) is 11.7 Å². The molecule has 0 aliphatic rings. The first-order valence-electron chi connectivity index (χ1n) is 12.2. The van der Waals surface area contributed by atoms with E-state index < -0.39 is 0 Å². The highest BCUT2D eigenvalue weighted by Crippen LogP contribution is 2.22. The van der Waals surface area contributed by atoms with E-state index >= 15 is 0 Å². The number of aromatic nitrogens is 1. The van der Waals surface area contributed by atoms with Crippen molar-refractivity contribution < 1.29 is 9.53 Å². The van der Waals surface area contributed by atoms with Crippen LogP contribution in [-0.2, 0) is 37.0 Å². The second-order valence-electron chi connectivity index (χ2n) is 8.71. The third kappa shape index (κ3) is 5.62. The van der Waals surface area contributed by atoms with Crippen LogP contribution in [0.2, 0.25) is 0 Å². The van der Waals surface area contributed by atoms with E-state index in [4.69, 9.17) is 4.74 Å². The summed E-state index contributed by atoms with van der Waals surface area (Å²) in [7, 11) is 1.59. The molecule has 4 rings (SSSR count). The van der Waals surface area contributed by atoms with Crippen molar-refractivity contribution in [2.24, 2.45) is 0 Å². The van der Waals surface area contributed by atoms with Crippen molar-refractivity contribution in [2.75, 3.05) is 12.4 Å². The quantitative estimate of drug-likeness (QED) is 0.350. The van der Waals surface area contributed by atoms with Gasteiger partial charge < -0.3 is 10.1 Å². The highest BCUT2D eigenvalue weighted by molar-refractivity contribution is 5.92. The molecule has 0 bridgehead atoms. The molecule has 0 atom stereocenters. The third-order valence-electron chi connectivity index (χ3n) is 6.47. The van der Waals surface area contributed by atoms with Crippen molar-refractivity contribution in [2.45, 2.75) is 46.1 Å². The maximum atomic E-state index is 13.6. The molecular formula is C30H32N2O3. The van der Waals surface area contributed by atoms with Crippen molar-refractivity contribution in [3.63, 3.8) is 0 Å². The lowest BCUT2D eigenvalue weighted by Crippen LogP contribution is -2.30. The zero-order chi connectivity index (χ0) is 24.8. The number of benzene rings is 3. The molecule has 0 fully saturated rings. The van der Waals surface area contributed by atoms with Crippen LogP contribution in [0.5, 0.6) is 5.75 Å². The van der Waals surface area contributed by atoms with Gasteiger partial charge in [0.05, 0.1) is 12.6 Å². The molecular weight excluding hydrogens is 436 g/mol. The zero-order valence-corrected chi connectivity index (χ0v) is 20.6. The number of nitrogens with zero attached hydrogens (tertiary/aromatic N) is 1. The predicted molar refractivity (Wildman–Crippen MR) is 142 cm³/mol. The van der Waals surface area contributed by atoms with E-state index in [2.05, 4.69) is 43.4 Å². The van der Waals surface area contributed by atoms with E-state index in [9.17, 15) is 9.59 Å². The number of carbonyl (C=O) groups excluding carboxylic acids is 1. The first kappa shape index (κ1) is 24.3. The standard InChI is InChI=1S/C30H32N2O3/c1-4-21-10-12-22(13-11-21)14-15-25-18-24-16-17-26(35-3)19-28(24)32(30(25)34)20-29(33)31-27-9-7-6-8-23(27)5-2/h6-13,16-19H,4-5,14-15,20H2,1-3H3,(H,31,33). The number of anilines is 1. The van der Waals surface area contributed by atoms with Crippen molar-refractivity contribution in [3.8, 4) is 5.75 Å². The van der Waals surface area contributed by atoms with Gasteiger partial charge >= 0.3 is 0 Å². The molecule has 180 valence electrons. The summed E-state index contributed by atoms with van der Waals surface area (Å²) in [6, 6.07) is 23.8. The van der Waals surface area contributed by atoms with E-state index in [0.29, 0.717) is 23.3 Å². The molecule has 0 aliphatic carbocycles. The van der Waals surface area contributed by atoms with Crippen LogP contribution in [0.3, 0.4) is 0 Å². The number of hydrogen-bond donors (Lipinski definition) is 1. The molecule has 5 nitrogen and oxygen atoms in total. The Labute approximate surface area is 206 Å². The smallest absolute Gasteiger partial charge is 0.254 e. The van der Waals surface area contributed by atoms with Gasteiger partial charge in [0.25, 0.3) is 5.56 Å². The molecule has 0 spiro atoms. The topological polar surface area (TPSA) is 60.3 Å². The Balaban J connectivity index is 1.66. The molecule has 1 amide bonds. The van der Waals surface area contributed by atoms with Gasteiger partial charge in [-0.3, -0.25) is 14.2 Å². The molecule has 35 heavy (non-hydrogen) atoms. The summed E-state index contributed by atoms with van der Waals surface area (Å²) in [6.07, 6.45) is 3.18. The first-order chi connectivity index (χ1) is 17.0. The summed E-state index contributed by atoms with van der Waals surface area (Å²) in [5.74, 6) is 0.413. The first-order valence-corrected chi connectivity index (χ1v) is 12.2. The van der Waals surface area contributed by atoms with Gasteiger partial charge in [0.1, 0.15) is 12.3 Å². The number of hydrogen-bond acceptors (Lipinski definition) is 3. The van der Waals surface area contributed by atoms with Gasteiger partial charge in [-0.05, 0) is 72.0 Å². The Bertz CT molecular complexity index is 1390. The number of rotatable bonds is 9. The lowest BCUT2D eigenvalue weighted by Gasteiger charge is -2.15. The highest BCUT2D eigenvalue weighted by Gasteiger charge is 2.14. The number of carbonyl (C=O) groups is 1. The van der Waals surface area contributed by atoms with E-state index in [1.807, 2.05) is 48.5 Å². The second-order valence-corrected chi connectivity index (χ2v) is 8.71. The molecule has 4 aromatic rings. The Morgan fingerprint density at radius 3 is 2.31 bits per heavy atom. The number of nitrogens with one attached hydrogen (secondary N) is 1. The number of fused-ring (bicyclic) bond motifs is 1. The zero-order valence-electron chi connectivity index (χ0n) is 20.6. The minimum absolute atomic E-state index is 0.0699. The number of pyridine rings is 1. The minimum atomic E-state index is -0.232. The summed E-state index contributed by atoms with van der Waals surface area (Å²) in [5.41, 5.74) is 5.57. The van der Waals surface area contributed by atoms with Crippen molar-refractivity contribution in [3.05, 3.63) is 105 Å². The molecule has 0 aliphatic heterocycles. The van der Waals surface area contributed by atoms with Gasteiger partial charge in [-0.25, -0.2) is 0 Å². The maximum absolute atomic E-state index is 13.6. The lowest BCUT2D eigenvalue weighted by atomic mass is 10.0. The Hall–Kier alpha value is -3.86. The van der Waals surface area contributed by atoms with Gasteiger partial charge in [0.15, 0.2) is 0 Å². The normalized spacial score (nSPS) is 10.9. The average Bonchev–Trinajstić information content (AvgIpc) is 2.89. The van der Waals surface area contributed by atoms with Crippen LogP contribution in [0.25, 0.3) is 10.9 Å². The summed E-state index contributed by atoms with van der Waals surface area (Å²) < 4.78 is 6.95. The van der Waals surface area contributed by atoms with Crippen LogP contribution in [0, 0.1) is 0 Å². The van der Waals surface area contributed by atoms with Crippen LogP contribution in [0.4, 0.5) is 5.69 Å². The van der Waals surface area contributed by atoms with E-state index in [0.717, 1.165) is 35.9 Å². The van der Waals surface area contributed by atoms with Crippen molar-refractivity contribution >= 4 is 22.5 Å². The van der Waals surface area contributed by atoms with Gasteiger partial charge in [-0.2, -0.15) is 0 Å². The van der Waals surface area contributed by atoms with Crippen LogP contribution >= 0.6 is 0 Å². The van der Waals surface area contributed by atoms with Gasteiger partial charge in [-0.1, -0.05) is 56.3 Å². The molecule has 0 unspecified atom stereocenters. The molecule has 1 N–H and O–H groups in total. The Morgan fingerprint density at radius 2 is 1.60 bits per heavy atom. The predicted octanol–water partition coefficient (Wildman–Crippen LogP) is 5.56. The SMILES string of the molecule is CCc1ccc(CCc2cc3ccc(OC)cc3n(CC(=O)Nc3ccccc3CC)c2=O)cc1. The van der Waals surface area contributed by atoms with Gasteiger partial charge in [0, 0.05) is 17.3 Å². The minimum Gasteiger partial charge on any atom is -0.497 e. The monoisotopic (exact) mass is 468 g/mol. The number of methoxy groups -OCH3 is 1. The largest absolute Gasteiger partial charge is 0.497 e. The number of ether oxygens (including phenoxy) is 1. The van der Waals surface area contributed by atoms with E-state index in [1.165, 1.54) is 11.1 Å². The highest BCUT2D eigenvalue weighted by atomic mass is 16.5. The van der Waals surface area contributed by atoms with Crippen molar-refractivity contribution in [1.29, 1.82) is 0 Å². The lowest BCUT2D eigenvalue weighted by molar-refractivity contribution is -0.116. The molecule has 3 aromatic carbocycles. The van der Waals surface area contributed by atoms with Crippen LogP contribution in [-0.4, -0.2) is 17.6 Å². The second kappa shape index (κ2) is 11.0.